The van der Waals surface area contributed by atoms with Crippen LogP contribution in [0.2, 0.25) is 0 Å². The maximum atomic E-state index is 5.69. The van der Waals surface area contributed by atoms with Crippen molar-refractivity contribution in [2.24, 2.45) is 0 Å². The molecule has 1 N–H and O–H groups in total. The highest BCUT2D eigenvalue weighted by Crippen LogP contribution is 2.37. The van der Waals surface area contributed by atoms with E-state index in [1.54, 1.807) is 0 Å². The summed E-state index contributed by atoms with van der Waals surface area (Å²) in [6.45, 7) is 6.82. The minimum atomic E-state index is -1.70. The predicted molar refractivity (Wildman–Crippen MR) is 86.0 cm³/mol. The van der Waals surface area contributed by atoms with Gasteiger partial charge in [-0.05, 0) is 17.0 Å². The number of hydrogen-bond acceptors (Lipinski definition) is 4. The average Bonchev–Trinajstić information content (AvgIpc) is 2.84. The van der Waals surface area contributed by atoms with Crippen molar-refractivity contribution >= 4 is 40.5 Å². The average molecular weight is 349 g/mol. The minimum Gasteiger partial charge on any atom is -0.419 e. The van der Waals surface area contributed by atoms with Gasteiger partial charge < -0.3 is 9.73 Å². The lowest BCUT2D eigenvalue weighted by molar-refractivity contribution is 0.461. The van der Waals surface area contributed by atoms with Gasteiger partial charge in [0.05, 0.1) is 6.54 Å². The number of aromatic nitrogens is 2. The van der Waals surface area contributed by atoms with Crippen molar-refractivity contribution in [2.45, 2.75) is 36.5 Å². The molecule has 21 heavy (non-hydrogen) atoms. The number of nitrogens with zero attached hydrogens (tertiary/aromatic N) is 2. The molecule has 1 aromatic carbocycles. The van der Waals surface area contributed by atoms with Crippen LogP contribution in [0.3, 0.4) is 0 Å². The molecule has 0 amide bonds. The molecule has 0 radical (unpaired) electrons. The van der Waals surface area contributed by atoms with E-state index >= 15 is 0 Å². The molecule has 4 nitrogen and oxygen atoms in total. The second-order valence-corrected chi connectivity index (χ2v) is 7.93. The molecule has 0 spiro atoms. The molecule has 0 unspecified atom stereocenters. The van der Waals surface area contributed by atoms with Crippen molar-refractivity contribution in [3.05, 3.63) is 41.6 Å². The van der Waals surface area contributed by atoms with Crippen molar-refractivity contribution in [2.75, 3.05) is 5.32 Å². The van der Waals surface area contributed by atoms with Gasteiger partial charge in [-0.1, -0.05) is 73.8 Å². The van der Waals surface area contributed by atoms with Crippen molar-refractivity contribution in [3.63, 3.8) is 0 Å². The fourth-order valence-electron chi connectivity index (χ4n) is 1.90. The SMILES string of the molecule is CC(C)(C)c1ccccc1NCc1nnc(C(Cl)(Cl)Cl)o1. The van der Waals surface area contributed by atoms with E-state index in [1.807, 2.05) is 18.2 Å². The molecule has 0 aliphatic carbocycles. The summed E-state index contributed by atoms with van der Waals surface area (Å²) in [6.07, 6.45) is 0. The van der Waals surface area contributed by atoms with Gasteiger partial charge in [0, 0.05) is 5.69 Å². The molecular formula is C14H16Cl3N3O. The van der Waals surface area contributed by atoms with Crippen LogP contribution < -0.4 is 5.32 Å². The third-order valence-electron chi connectivity index (χ3n) is 2.87. The Labute approximate surface area is 138 Å². The fourth-order valence-corrected chi connectivity index (χ4v) is 2.13. The van der Waals surface area contributed by atoms with E-state index in [9.17, 15) is 0 Å². The van der Waals surface area contributed by atoms with Gasteiger partial charge in [0.15, 0.2) is 0 Å². The molecule has 0 bridgehead atoms. The number of alkyl halides is 3. The van der Waals surface area contributed by atoms with Crippen LogP contribution in [-0.4, -0.2) is 10.2 Å². The Balaban J connectivity index is 2.12. The number of anilines is 1. The van der Waals surface area contributed by atoms with Gasteiger partial charge >= 0.3 is 0 Å². The lowest BCUT2D eigenvalue weighted by Gasteiger charge is -2.23. The molecule has 7 heteroatoms. The van der Waals surface area contributed by atoms with Gasteiger partial charge in [-0.2, -0.15) is 0 Å². The topological polar surface area (TPSA) is 51.0 Å². The van der Waals surface area contributed by atoms with E-state index in [1.165, 1.54) is 5.56 Å². The van der Waals surface area contributed by atoms with Crippen LogP contribution in [0.15, 0.2) is 28.7 Å². The lowest BCUT2D eigenvalue weighted by Crippen LogP contribution is -2.14. The number of para-hydroxylation sites is 1. The normalized spacial score (nSPS) is 12.5. The Morgan fingerprint density at radius 3 is 2.33 bits per heavy atom. The first kappa shape index (κ1) is 16.4. The van der Waals surface area contributed by atoms with Crippen molar-refractivity contribution < 1.29 is 4.42 Å². The Morgan fingerprint density at radius 1 is 1.10 bits per heavy atom. The fraction of sp³-hybridized carbons (Fsp3) is 0.429. The van der Waals surface area contributed by atoms with Gasteiger partial charge in [-0.25, -0.2) is 0 Å². The van der Waals surface area contributed by atoms with Crippen molar-refractivity contribution in [3.8, 4) is 0 Å². The lowest BCUT2D eigenvalue weighted by atomic mass is 9.86. The number of rotatable bonds is 3. The molecule has 114 valence electrons. The first-order valence-electron chi connectivity index (χ1n) is 6.41. The zero-order valence-corrected chi connectivity index (χ0v) is 14.2. The molecule has 0 aliphatic rings. The van der Waals surface area contributed by atoms with Gasteiger partial charge in [-0.15, -0.1) is 10.2 Å². The maximum Gasteiger partial charge on any atom is 0.268 e. The van der Waals surface area contributed by atoms with Crippen LogP contribution in [0, 0.1) is 0 Å². The third kappa shape index (κ3) is 4.25. The molecule has 0 aliphatic heterocycles. The van der Waals surface area contributed by atoms with E-state index in [4.69, 9.17) is 39.2 Å². The zero-order chi connectivity index (χ0) is 15.7. The van der Waals surface area contributed by atoms with Crippen LogP contribution in [0.4, 0.5) is 5.69 Å². The Hall–Kier alpha value is -0.970. The van der Waals surface area contributed by atoms with Crippen LogP contribution in [0.1, 0.15) is 38.1 Å². The molecule has 1 aromatic heterocycles. The molecule has 0 fully saturated rings. The van der Waals surface area contributed by atoms with Crippen LogP contribution in [-0.2, 0) is 15.8 Å². The summed E-state index contributed by atoms with van der Waals surface area (Å²) in [7, 11) is 0. The summed E-state index contributed by atoms with van der Waals surface area (Å²) in [5, 5.41) is 10.9. The molecule has 2 aromatic rings. The van der Waals surface area contributed by atoms with E-state index in [-0.39, 0.29) is 11.3 Å². The minimum absolute atomic E-state index is 0.0289. The standard InChI is InChI=1S/C14H16Cl3N3O/c1-13(2,3)9-6-4-5-7-10(9)18-8-11-19-20-12(21-11)14(15,16)17/h4-7,18H,8H2,1-3H3. The summed E-state index contributed by atoms with van der Waals surface area (Å²) >= 11 is 17.1. The second-order valence-electron chi connectivity index (χ2n) is 5.65. The van der Waals surface area contributed by atoms with Crippen molar-refractivity contribution in [1.82, 2.24) is 10.2 Å². The molecular weight excluding hydrogens is 333 g/mol. The second kappa shape index (κ2) is 6.03. The van der Waals surface area contributed by atoms with Gasteiger partial charge in [0.25, 0.3) is 9.68 Å². The van der Waals surface area contributed by atoms with E-state index in [0.717, 1.165) is 5.69 Å². The Morgan fingerprint density at radius 2 is 1.76 bits per heavy atom. The number of benzene rings is 1. The molecule has 0 atom stereocenters. The summed E-state index contributed by atoms with van der Waals surface area (Å²) in [5.74, 6) is 0.327. The smallest absolute Gasteiger partial charge is 0.268 e. The van der Waals surface area contributed by atoms with E-state index in [0.29, 0.717) is 12.4 Å². The van der Waals surface area contributed by atoms with E-state index in [2.05, 4.69) is 42.4 Å². The third-order valence-corrected chi connectivity index (χ3v) is 3.36. The highest BCUT2D eigenvalue weighted by atomic mass is 35.6. The predicted octanol–water partition coefficient (Wildman–Crippen LogP) is 4.81. The summed E-state index contributed by atoms with van der Waals surface area (Å²) < 4.78 is 3.61. The first-order valence-corrected chi connectivity index (χ1v) is 7.54. The van der Waals surface area contributed by atoms with Crippen LogP contribution >= 0.6 is 34.8 Å². The quantitative estimate of drug-likeness (QED) is 0.809. The Kier molecular flexibility index (Phi) is 4.71. The van der Waals surface area contributed by atoms with Crippen LogP contribution in [0.25, 0.3) is 0 Å². The van der Waals surface area contributed by atoms with Crippen LogP contribution in [0.5, 0.6) is 0 Å². The highest BCUT2D eigenvalue weighted by Gasteiger charge is 2.30. The molecule has 2 rings (SSSR count). The summed E-state index contributed by atoms with van der Waals surface area (Å²) in [4.78, 5) is 0. The summed E-state index contributed by atoms with van der Waals surface area (Å²) in [5.41, 5.74) is 2.24. The number of hydrogen-bond donors (Lipinski definition) is 1. The van der Waals surface area contributed by atoms with E-state index < -0.39 is 3.79 Å². The highest BCUT2D eigenvalue weighted by molar-refractivity contribution is 6.66. The Bertz CT molecular complexity index is 614. The largest absolute Gasteiger partial charge is 0.419 e. The molecule has 0 saturated heterocycles. The number of nitrogens with one attached hydrogen (secondary N) is 1. The molecule has 1 heterocycles. The summed E-state index contributed by atoms with van der Waals surface area (Å²) in [6, 6.07) is 8.08. The van der Waals surface area contributed by atoms with Gasteiger partial charge in [-0.3, -0.25) is 0 Å². The van der Waals surface area contributed by atoms with Gasteiger partial charge in [0.2, 0.25) is 5.89 Å². The molecule has 0 saturated carbocycles. The van der Waals surface area contributed by atoms with Crippen molar-refractivity contribution in [1.29, 1.82) is 0 Å². The van der Waals surface area contributed by atoms with Gasteiger partial charge in [0.1, 0.15) is 0 Å². The first-order chi connectivity index (χ1) is 9.68. The maximum absolute atomic E-state index is 5.69. The zero-order valence-electron chi connectivity index (χ0n) is 12.0. The number of halogens is 3. The monoisotopic (exact) mass is 347 g/mol.